The van der Waals surface area contributed by atoms with E-state index in [0.29, 0.717) is 6.54 Å². The van der Waals surface area contributed by atoms with Crippen LogP contribution in [0.1, 0.15) is 36.7 Å². The molecule has 4 heteroatoms. The average molecular weight is 334 g/mol. The zero-order chi connectivity index (χ0) is 14.3. The standard InChI is InChI=1S/C16H20BrN3/c1-3-12-4-6-13(7-5-12)20-11(2)14(17)15(19-20)16(10-18)8-9-16/h4-7H,3,8-10,18H2,1-2H3. The van der Waals surface area contributed by atoms with E-state index in [-0.39, 0.29) is 5.41 Å². The van der Waals surface area contributed by atoms with Gasteiger partial charge in [0.1, 0.15) is 0 Å². The number of nitrogens with two attached hydrogens (primary N) is 1. The van der Waals surface area contributed by atoms with Crippen LogP contribution in [0, 0.1) is 6.92 Å². The summed E-state index contributed by atoms with van der Waals surface area (Å²) in [6, 6.07) is 8.61. The smallest absolute Gasteiger partial charge is 0.0848 e. The van der Waals surface area contributed by atoms with Crippen molar-refractivity contribution in [3.05, 3.63) is 45.7 Å². The molecule has 1 aromatic heterocycles. The number of aromatic nitrogens is 2. The Bertz CT molecular complexity index is 624. The van der Waals surface area contributed by atoms with Gasteiger partial charge < -0.3 is 5.73 Å². The molecule has 3 nitrogen and oxygen atoms in total. The Balaban J connectivity index is 2.03. The van der Waals surface area contributed by atoms with Crippen LogP contribution < -0.4 is 5.73 Å². The van der Waals surface area contributed by atoms with E-state index in [4.69, 9.17) is 10.8 Å². The molecule has 0 aliphatic heterocycles. The highest BCUT2D eigenvalue weighted by atomic mass is 79.9. The Kier molecular flexibility index (Phi) is 3.46. The van der Waals surface area contributed by atoms with Crippen molar-refractivity contribution in [1.82, 2.24) is 9.78 Å². The van der Waals surface area contributed by atoms with Gasteiger partial charge in [0.2, 0.25) is 0 Å². The lowest BCUT2D eigenvalue weighted by molar-refractivity contribution is 0.658. The van der Waals surface area contributed by atoms with E-state index in [1.807, 2.05) is 4.68 Å². The van der Waals surface area contributed by atoms with E-state index in [9.17, 15) is 0 Å². The Morgan fingerprint density at radius 2 is 1.95 bits per heavy atom. The topological polar surface area (TPSA) is 43.8 Å². The lowest BCUT2D eigenvalue weighted by Crippen LogP contribution is -2.21. The average Bonchev–Trinajstić information content (AvgIpc) is 3.23. The molecule has 2 N–H and O–H groups in total. The first-order valence-electron chi connectivity index (χ1n) is 7.16. The minimum atomic E-state index is 0.109. The molecule has 1 heterocycles. The van der Waals surface area contributed by atoms with Crippen molar-refractivity contribution in [2.45, 2.75) is 38.5 Å². The van der Waals surface area contributed by atoms with Crippen LogP contribution in [0.5, 0.6) is 0 Å². The van der Waals surface area contributed by atoms with Crippen molar-refractivity contribution in [2.24, 2.45) is 5.73 Å². The molecule has 0 saturated heterocycles. The van der Waals surface area contributed by atoms with Crippen LogP contribution in [-0.2, 0) is 11.8 Å². The number of aryl methyl sites for hydroxylation is 1. The van der Waals surface area contributed by atoms with Gasteiger partial charge in [-0.1, -0.05) is 19.1 Å². The van der Waals surface area contributed by atoms with Gasteiger partial charge >= 0.3 is 0 Å². The monoisotopic (exact) mass is 333 g/mol. The van der Waals surface area contributed by atoms with E-state index in [1.165, 1.54) is 5.56 Å². The molecule has 0 radical (unpaired) electrons. The second-order valence-corrected chi connectivity index (χ2v) is 6.46. The molecule has 0 unspecified atom stereocenters. The minimum Gasteiger partial charge on any atom is -0.330 e. The predicted molar refractivity (Wildman–Crippen MR) is 85.3 cm³/mol. The molecule has 106 valence electrons. The highest BCUT2D eigenvalue weighted by Crippen LogP contribution is 2.49. The van der Waals surface area contributed by atoms with Crippen molar-refractivity contribution >= 4 is 15.9 Å². The fraction of sp³-hybridized carbons (Fsp3) is 0.438. The highest BCUT2D eigenvalue weighted by molar-refractivity contribution is 9.10. The normalized spacial score (nSPS) is 16.4. The summed E-state index contributed by atoms with van der Waals surface area (Å²) in [6.07, 6.45) is 3.35. The third kappa shape index (κ3) is 2.11. The fourth-order valence-corrected chi connectivity index (χ4v) is 3.30. The van der Waals surface area contributed by atoms with E-state index < -0.39 is 0 Å². The van der Waals surface area contributed by atoms with Crippen molar-refractivity contribution in [3.8, 4) is 5.69 Å². The first-order chi connectivity index (χ1) is 9.61. The molecule has 2 aromatic rings. The van der Waals surface area contributed by atoms with E-state index in [0.717, 1.165) is 40.8 Å². The molecule has 0 spiro atoms. The summed E-state index contributed by atoms with van der Waals surface area (Å²) in [6.45, 7) is 4.94. The molecule has 0 bridgehead atoms. The van der Waals surface area contributed by atoms with Crippen LogP contribution in [-0.4, -0.2) is 16.3 Å². The lowest BCUT2D eigenvalue weighted by Gasteiger charge is -2.09. The quantitative estimate of drug-likeness (QED) is 0.930. The maximum Gasteiger partial charge on any atom is 0.0848 e. The third-order valence-electron chi connectivity index (χ3n) is 4.38. The molecule has 1 aliphatic carbocycles. The Morgan fingerprint density at radius 1 is 1.30 bits per heavy atom. The maximum atomic E-state index is 5.94. The highest BCUT2D eigenvalue weighted by Gasteiger charge is 2.47. The zero-order valence-corrected chi connectivity index (χ0v) is 13.6. The van der Waals surface area contributed by atoms with Crippen LogP contribution in [0.4, 0.5) is 0 Å². The Hall–Kier alpha value is -1.13. The molecule has 0 atom stereocenters. The Labute approximate surface area is 128 Å². The molecule has 1 aliphatic rings. The number of rotatable bonds is 4. The summed E-state index contributed by atoms with van der Waals surface area (Å²) >= 11 is 3.70. The molecule has 3 rings (SSSR count). The van der Waals surface area contributed by atoms with Crippen LogP contribution in [0.15, 0.2) is 28.7 Å². The molecular weight excluding hydrogens is 314 g/mol. The van der Waals surface area contributed by atoms with Crippen LogP contribution >= 0.6 is 15.9 Å². The number of nitrogens with zero attached hydrogens (tertiary/aromatic N) is 2. The van der Waals surface area contributed by atoms with Gasteiger partial charge in [0.15, 0.2) is 0 Å². The lowest BCUT2D eigenvalue weighted by atomic mass is 10.0. The van der Waals surface area contributed by atoms with Crippen molar-refractivity contribution in [3.63, 3.8) is 0 Å². The molecule has 20 heavy (non-hydrogen) atoms. The van der Waals surface area contributed by atoms with Gasteiger partial charge in [0.05, 0.1) is 21.5 Å². The summed E-state index contributed by atoms with van der Waals surface area (Å²) in [5.41, 5.74) is 10.8. The summed E-state index contributed by atoms with van der Waals surface area (Å²) < 4.78 is 3.13. The second kappa shape index (κ2) is 5.01. The number of halogens is 1. The van der Waals surface area contributed by atoms with Gasteiger partial charge in [0.25, 0.3) is 0 Å². The third-order valence-corrected chi connectivity index (χ3v) is 5.33. The van der Waals surface area contributed by atoms with Gasteiger partial charge in [-0.3, -0.25) is 0 Å². The first-order valence-corrected chi connectivity index (χ1v) is 7.95. The second-order valence-electron chi connectivity index (χ2n) is 5.66. The minimum absolute atomic E-state index is 0.109. The van der Waals surface area contributed by atoms with Gasteiger partial charge in [-0.25, -0.2) is 4.68 Å². The van der Waals surface area contributed by atoms with Crippen LogP contribution in [0.25, 0.3) is 5.69 Å². The zero-order valence-electron chi connectivity index (χ0n) is 12.0. The number of hydrogen-bond acceptors (Lipinski definition) is 2. The van der Waals surface area contributed by atoms with E-state index in [1.54, 1.807) is 0 Å². The van der Waals surface area contributed by atoms with Crippen molar-refractivity contribution in [1.29, 1.82) is 0 Å². The Morgan fingerprint density at radius 3 is 2.45 bits per heavy atom. The fourth-order valence-electron chi connectivity index (χ4n) is 2.63. The maximum absolute atomic E-state index is 5.94. The SMILES string of the molecule is CCc1ccc(-n2nc(C3(CN)CC3)c(Br)c2C)cc1. The van der Waals surface area contributed by atoms with Gasteiger partial charge in [0, 0.05) is 12.0 Å². The molecule has 0 amide bonds. The first kappa shape index (κ1) is 13.8. The largest absolute Gasteiger partial charge is 0.330 e. The van der Waals surface area contributed by atoms with Crippen LogP contribution in [0.3, 0.4) is 0 Å². The summed E-state index contributed by atoms with van der Waals surface area (Å²) in [7, 11) is 0. The van der Waals surface area contributed by atoms with Gasteiger partial charge in [-0.2, -0.15) is 5.10 Å². The molecular formula is C16H20BrN3. The van der Waals surface area contributed by atoms with E-state index in [2.05, 4.69) is 54.0 Å². The molecule has 1 saturated carbocycles. The van der Waals surface area contributed by atoms with Gasteiger partial charge in [-0.05, 0) is 59.8 Å². The van der Waals surface area contributed by atoms with Gasteiger partial charge in [-0.15, -0.1) is 0 Å². The summed E-state index contributed by atoms with van der Waals surface area (Å²) in [5, 5.41) is 4.83. The summed E-state index contributed by atoms with van der Waals surface area (Å²) in [5.74, 6) is 0. The van der Waals surface area contributed by atoms with Crippen LogP contribution in [0.2, 0.25) is 0 Å². The van der Waals surface area contributed by atoms with E-state index >= 15 is 0 Å². The number of hydrogen-bond donors (Lipinski definition) is 1. The number of benzene rings is 1. The predicted octanol–water partition coefficient (Wildman–Crippen LogP) is 3.50. The van der Waals surface area contributed by atoms with Crippen molar-refractivity contribution < 1.29 is 0 Å². The molecule has 1 aromatic carbocycles. The van der Waals surface area contributed by atoms with Crippen molar-refractivity contribution in [2.75, 3.05) is 6.54 Å². The summed E-state index contributed by atoms with van der Waals surface area (Å²) in [4.78, 5) is 0. The molecule has 1 fully saturated rings.